The molecule has 17 heavy (non-hydrogen) atoms. The summed E-state index contributed by atoms with van der Waals surface area (Å²) in [4.78, 5) is 8.17. The molecule has 0 spiro atoms. The van der Waals surface area contributed by atoms with Crippen LogP contribution in [0.2, 0.25) is 0 Å². The molecule has 0 radical (unpaired) electrons. The lowest BCUT2D eigenvalue weighted by molar-refractivity contribution is 0.251. The van der Waals surface area contributed by atoms with E-state index in [1.165, 1.54) is 29.8 Å². The minimum absolute atomic E-state index is 0.628. The first kappa shape index (κ1) is 10.9. The average Bonchev–Trinajstić information content (AvgIpc) is 3.00. The molecule has 2 aromatic rings. The first-order chi connectivity index (χ1) is 8.43. The monoisotopic (exact) mass is 244 g/mol. The van der Waals surface area contributed by atoms with Crippen LogP contribution in [0.4, 0.5) is 0 Å². The van der Waals surface area contributed by atoms with Crippen molar-refractivity contribution in [2.75, 3.05) is 6.54 Å². The van der Waals surface area contributed by atoms with Crippen molar-refractivity contribution in [2.45, 2.75) is 25.4 Å². The molecule has 2 aromatic heterocycles. The molecule has 3 heterocycles. The molecule has 3 rings (SSSR count). The maximum absolute atomic E-state index is 4.07. The number of likely N-dealkylation sites (tertiary alicyclic amines) is 1. The van der Waals surface area contributed by atoms with E-state index in [1.807, 2.05) is 23.7 Å². The van der Waals surface area contributed by atoms with E-state index in [-0.39, 0.29) is 0 Å². The van der Waals surface area contributed by atoms with Crippen molar-refractivity contribution in [1.29, 1.82) is 0 Å². The molecule has 2 nitrogen and oxygen atoms in total. The summed E-state index contributed by atoms with van der Waals surface area (Å²) in [6.45, 7) is 2.26. The largest absolute Gasteiger partial charge is 0.291 e. The van der Waals surface area contributed by atoms with Crippen LogP contribution in [0.3, 0.4) is 0 Å². The van der Waals surface area contributed by atoms with Crippen LogP contribution in [0, 0.1) is 0 Å². The lowest BCUT2D eigenvalue weighted by Crippen LogP contribution is -2.22. The van der Waals surface area contributed by atoms with E-state index in [1.54, 1.807) is 0 Å². The summed E-state index contributed by atoms with van der Waals surface area (Å²) < 4.78 is 0. The van der Waals surface area contributed by atoms with E-state index < -0.39 is 0 Å². The number of thiophene rings is 1. The van der Waals surface area contributed by atoms with Gasteiger partial charge in [-0.1, -0.05) is 6.07 Å². The second-order valence-electron chi connectivity index (χ2n) is 4.50. The standard InChI is InChI=1S/C14H16N2S/c1-3-13(14-4-2-10-17-14)16(9-1)11-12-5-7-15-8-6-12/h2,4-8,10,13H,1,3,9,11H2. The van der Waals surface area contributed by atoms with Crippen molar-refractivity contribution in [3.05, 3.63) is 52.5 Å². The number of nitrogens with zero attached hydrogens (tertiary/aromatic N) is 2. The van der Waals surface area contributed by atoms with E-state index in [0.29, 0.717) is 6.04 Å². The Hall–Kier alpha value is -1.19. The molecule has 0 aromatic carbocycles. The minimum atomic E-state index is 0.628. The highest BCUT2D eigenvalue weighted by Crippen LogP contribution is 2.35. The van der Waals surface area contributed by atoms with Gasteiger partial charge >= 0.3 is 0 Å². The Balaban J connectivity index is 1.75. The fraction of sp³-hybridized carbons (Fsp3) is 0.357. The third kappa shape index (κ3) is 2.40. The van der Waals surface area contributed by atoms with E-state index in [9.17, 15) is 0 Å². The van der Waals surface area contributed by atoms with Crippen molar-refractivity contribution < 1.29 is 0 Å². The van der Waals surface area contributed by atoms with Crippen LogP contribution in [0.5, 0.6) is 0 Å². The van der Waals surface area contributed by atoms with Crippen molar-refractivity contribution in [3.8, 4) is 0 Å². The SMILES string of the molecule is c1csc(C2CCCN2Cc2ccncc2)c1. The summed E-state index contributed by atoms with van der Waals surface area (Å²) in [5.41, 5.74) is 1.36. The number of hydrogen-bond acceptors (Lipinski definition) is 3. The molecular weight excluding hydrogens is 228 g/mol. The van der Waals surface area contributed by atoms with Gasteiger partial charge in [0.15, 0.2) is 0 Å². The van der Waals surface area contributed by atoms with Gasteiger partial charge < -0.3 is 0 Å². The van der Waals surface area contributed by atoms with E-state index in [4.69, 9.17) is 0 Å². The molecule has 1 fully saturated rings. The number of rotatable bonds is 3. The zero-order chi connectivity index (χ0) is 11.5. The van der Waals surface area contributed by atoms with Gasteiger partial charge in [-0.3, -0.25) is 9.88 Å². The van der Waals surface area contributed by atoms with E-state index in [0.717, 1.165) is 6.54 Å². The van der Waals surface area contributed by atoms with Gasteiger partial charge in [0.05, 0.1) is 0 Å². The minimum Gasteiger partial charge on any atom is -0.291 e. The molecule has 0 bridgehead atoms. The maximum atomic E-state index is 4.07. The maximum Gasteiger partial charge on any atom is 0.0445 e. The van der Waals surface area contributed by atoms with Gasteiger partial charge in [-0.2, -0.15) is 0 Å². The molecule has 0 aliphatic carbocycles. The molecule has 88 valence electrons. The third-order valence-electron chi connectivity index (χ3n) is 3.37. The second-order valence-corrected chi connectivity index (χ2v) is 5.48. The molecule has 1 atom stereocenters. The predicted molar refractivity (Wildman–Crippen MR) is 70.9 cm³/mol. The van der Waals surface area contributed by atoms with Crippen LogP contribution in [0.15, 0.2) is 42.0 Å². The van der Waals surface area contributed by atoms with Crippen LogP contribution in [-0.2, 0) is 6.54 Å². The zero-order valence-corrected chi connectivity index (χ0v) is 10.6. The summed E-state index contributed by atoms with van der Waals surface area (Å²) in [6.07, 6.45) is 6.37. The van der Waals surface area contributed by atoms with Crippen molar-refractivity contribution in [2.24, 2.45) is 0 Å². The highest BCUT2D eigenvalue weighted by molar-refractivity contribution is 7.10. The normalized spacial score (nSPS) is 20.8. The molecule has 1 saturated heterocycles. The van der Waals surface area contributed by atoms with Crippen LogP contribution >= 0.6 is 11.3 Å². The molecule has 1 aliphatic rings. The van der Waals surface area contributed by atoms with Crippen LogP contribution in [0.1, 0.15) is 29.3 Å². The van der Waals surface area contributed by atoms with Crippen molar-refractivity contribution in [1.82, 2.24) is 9.88 Å². The van der Waals surface area contributed by atoms with Gasteiger partial charge in [0, 0.05) is 29.9 Å². The van der Waals surface area contributed by atoms with Crippen LogP contribution in [0.25, 0.3) is 0 Å². The summed E-state index contributed by atoms with van der Waals surface area (Å²) in [5, 5.41) is 2.18. The topological polar surface area (TPSA) is 16.1 Å². The van der Waals surface area contributed by atoms with Gasteiger partial charge in [-0.15, -0.1) is 11.3 Å². The highest BCUT2D eigenvalue weighted by Gasteiger charge is 2.26. The molecule has 0 N–H and O–H groups in total. The fourth-order valence-corrected chi connectivity index (χ4v) is 3.44. The summed E-state index contributed by atoms with van der Waals surface area (Å²) in [6, 6.07) is 9.28. The smallest absolute Gasteiger partial charge is 0.0445 e. The summed E-state index contributed by atoms with van der Waals surface area (Å²) in [7, 11) is 0. The Labute approximate surface area is 106 Å². The zero-order valence-electron chi connectivity index (χ0n) is 9.75. The Bertz CT molecular complexity index is 452. The Kier molecular flexibility index (Phi) is 3.20. The van der Waals surface area contributed by atoms with Crippen LogP contribution in [-0.4, -0.2) is 16.4 Å². The lowest BCUT2D eigenvalue weighted by Gasteiger charge is -2.23. The third-order valence-corrected chi connectivity index (χ3v) is 4.34. The Morgan fingerprint density at radius 1 is 1.29 bits per heavy atom. The molecule has 1 aliphatic heterocycles. The summed E-state index contributed by atoms with van der Waals surface area (Å²) >= 11 is 1.88. The second kappa shape index (κ2) is 4.98. The van der Waals surface area contributed by atoms with Crippen molar-refractivity contribution >= 4 is 11.3 Å². The number of hydrogen-bond donors (Lipinski definition) is 0. The molecule has 0 amide bonds. The average molecular weight is 244 g/mol. The Morgan fingerprint density at radius 3 is 2.94 bits per heavy atom. The molecule has 3 heteroatoms. The summed E-state index contributed by atoms with van der Waals surface area (Å²) in [5.74, 6) is 0. The van der Waals surface area contributed by atoms with E-state index in [2.05, 4.69) is 39.5 Å². The first-order valence-corrected chi connectivity index (χ1v) is 6.98. The quantitative estimate of drug-likeness (QED) is 0.821. The van der Waals surface area contributed by atoms with Crippen molar-refractivity contribution in [3.63, 3.8) is 0 Å². The molecule has 1 unspecified atom stereocenters. The van der Waals surface area contributed by atoms with Crippen LogP contribution < -0.4 is 0 Å². The number of aromatic nitrogens is 1. The first-order valence-electron chi connectivity index (χ1n) is 6.10. The Morgan fingerprint density at radius 2 is 2.18 bits per heavy atom. The van der Waals surface area contributed by atoms with Gasteiger partial charge in [-0.25, -0.2) is 0 Å². The van der Waals surface area contributed by atoms with Gasteiger partial charge in [0.1, 0.15) is 0 Å². The number of pyridine rings is 1. The van der Waals surface area contributed by atoms with Gasteiger partial charge in [0.2, 0.25) is 0 Å². The highest BCUT2D eigenvalue weighted by atomic mass is 32.1. The van der Waals surface area contributed by atoms with Gasteiger partial charge in [-0.05, 0) is 48.5 Å². The molecular formula is C14H16N2S. The lowest BCUT2D eigenvalue weighted by atomic mass is 10.1. The van der Waals surface area contributed by atoms with Gasteiger partial charge in [0.25, 0.3) is 0 Å². The molecule has 0 saturated carbocycles. The van der Waals surface area contributed by atoms with E-state index >= 15 is 0 Å². The fourth-order valence-electron chi connectivity index (χ4n) is 2.54. The predicted octanol–water partition coefficient (Wildman–Crippen LogP) is 3.48.